The highest BCUT2D eigenvalue weighted by molar-refractivity contribution is 7.11. The van der Waals surface area contributed by atoms with Gasteiger partial charge in [0.15, 0.2) is 0 Å². The molecule has 0 spiro atoms. The maximum atomic E-state index is 5.63. The summed E-state index contributed by atoms with van der Waals surface area (Å²) in [5, 5.41) is 1.11. The summed E-state index contributed by atoms with van der Waals surface area (Å²) in [6.07, 6.45) is 1.92. The number of aromatic nitrogens is 1. The smallest absolute Gasteiger partial charge is 0.0896 e. The van der Waals surface area contributed by atoms with Crippen LogP contribution < -0.4 is 5.73 Å². The highest BCUT2D eigenvalue weighted by atomic mass is 32.1. The van der Waals surface area contributed by atoms with Gasteiger partial charge in [0, 0.05) is 23.0 Å². The van der Waals surface area contributed by atoms with Gasteiger partial charge in [0.2, 0.25) is 0 Å². The second kappa shape index (κ2) is 2.91. The van der Waals surface area contributed by atoms with Crippen LogP contribution >= 0.6 is 11.3 Å². The second-order valence-corrected chi connectivity index (χ2v) is 4.57. The van der Waals surface area contributed by atoms with E-state index in [4.69, 9.17) is 5.73 Å². The summed E-state index contributed by atoms with van der Waals surface area (Å²) in [6.45, 7) is 6.97. The molecule has 0 aliphatic carbocycles. The lowest BCUT2D eigenvalue weighted by molar-refractivity contribution is 0.549. The maximum absolute atomic E-state index is 5.63. The van der Waals surface area contributed by atoms with Crippen LogP contribution in [0.2, 0.25) is 0 Å². The van der Waals surface area contributed by atoms with Gasteiger partial charge < -0.3 is 5.73 Å². The largest absolute Gasteiger partial charge is 0.330 e. The summed E-state index contributed by atoms with van der Waals surface area (Å²) < 4.78 is 0. The van der Waals surface area contributed by atoms with Gasteiger partial charge in [-0.2, -0.15) is 0 Å². The van der Waals surface area contributed by atoms with Crippen molar-refractivity contribution in [1.82, 2.24) is 4.98 Å². The molecule has 0 aromatic carbocycles. The van der Waals surface area contributed by atoms with Gasteiger partial charge in [0.25, 0.3) is 0 Å². The molecule has 0 atom stereocenters. The SMILES string of the molecule is Cc1ncc(C(C)(C)CN)s1. The summed E-state index contributed by atoms with van der Waals surface area (Å²) in [6, 6.07) is 0. The highest BCUT2D eigenvalue weighted by Crippen LogP contribution is 2.26. The molecule has 0 fully saturated rings. The Morgan fingerprint density at radius 3 is 2.64 bits per heavy atom. The van der Waals surface area contributed by atoms with Crippen molar-refractivity contribution >= 4 is 11.3 Å². The molecule has 0 aliphatic rings. The van der Waals surface area contributed by atoms with Gasteiger partial charge in [-0.3, -0.25) is 0 Å². The Kier molecular flexibility index (Phi) is 2.30. The second-order valence-electron chi connectivity index (χ2n) is 3.33. The van der Waals surface area contributed by atoms with Gasteiger partial charge in [-0.15, -0.1) is 11.3 Å². The minimum atomic E-state index is 0.0892. The molecule has 2 N–H and O–H groups in total. The van der Waals surface area contributed by atoms with Crippen molar-refractivity contribution < 1.29 is 0 Å². The highest BCUT2D eigenvalue weighted by Gasteiger charge is 2.20. The molecule has 1 aromatic heterocycles. The van der Waals surface area contributed by atoms with E-state index in [2.05, 4.69) is 18.8 Å². The molecule has 2 nitrogen and oxygen atoms in total. The van der Waals surface area contributed by atoms with Gasteiger partial charge in [0.05, 0.1) is 5.01 Å². The van der Waals surface area contributed by atoms with Crippen LogP contribution in [0.4, 0.5) is 0 Å². The first-order chi connectivity index (χ1) is 5.06. The summed E-state index contributed by atoms with van der Waals surface area (Å²) >= 11 is 1.73. The van der Waals surface area contributed by atoms with Crippen molar-refractivity contribution in [3.8, 4) is 0 Å². The van der Waals surface area contributed by atoms with Gasteiger partial charge in [-0.1, -0.05) is 13.8 Å². The summed E-state index contributed by atoms with van der Waals surface area (Å²) in [4.78, 5) is 5.47. The van der Waals surface area contributed by atoms with Gasteiger partial charge in [0.1, 0.15) is 0 Å². The molecule has 1 aromatic rings. The molecule has 3 heteroatoms. The molecule has 11 heavy (non-hydrogen) atoms. The van der Waals surface area contributed by atoms with E-state index < -0.39 is 0 Å². The summed E-state index contributed by atoms with van der Waals surface area (Å²) in [5.41, 5.74) is 5.72. The molecule has 0 saturated carbocycles. The molecular weight excluding hydrogens is 156 g/mol. The first kappa shape index (κ1) is 8.68. The summed E-state index contributed by atoms with van der Waals surface area (Å²) in [7, 11) is 0. The molecular formula is C8H14N2S. The Morgan fingerprint density at radius 1 is 1.64 bits per heavy atom. The Labute approximate surface area is 71.5 Å². The number of thiazole rings is 1. The Hall–Kier alpha value is -0.410. The summed E-state index contributed by atoms with van der Waals surface area (Å²) in [5.74, 6) is 0. The molecule has 0 bridgehead atoms. The number of hydrogen-bond donors (Lipinski definition) is 1. The molecule has 1 heterocycles. The van der Waals surface area contributed by atoms with Crippen molar-refractivity contribution in [2.45, 2.75) is 26.2 Å². The fourth-order valence-corrected chi connectivity index (χ4v) is 1.66. The van der Waals surface area contributed by atoms with E-state index in [-0.39, 0.29) is 5.41 Å². The third-order valence-electron chi connectivity index (χ3n) is 1.80. The van der Waals surface area contributed by atoms with E-state index in [1.54, 1.807) is 11.3 Å². The lowest BCUT2D eigenvalue weighted by Crippen LogP contribution is -2.26. The van der Waals surface area contributed by atoms with Crippen LogP contribution in [0, 0.1) is 6.92 Å². The Bertz CT molecular complexity index is 240. The zero-order chi connectivity index (χ0) is 8.48. The van der Waals surface area contributed by atoms with Crippen LogP contribution in [-0.2, 0) is 5.41 Å². The number of nitrogens with two attached hydrogens (primary N) is 1. The predicted molar refractivity (Wildman–Crippen MR) is 48.9 cm³/mol. The van der Waals surface area contributed by atoms with Crippen molar-refractivity contribution in [2.75, 3.05) is 6.54 Å². The molecule has 0 aliphatic heterocycles. The van der Waals surface area contributed by atoms with Crippen LogP contribution in [0.3, 0.4) is 0 Å². The minimum absolute atomic E-state index is 0.0892. The van der Waals surface area contributed by atoms with Crippen LogP contribution in [0.15, 0.2) is 6.20 Å². The van der Waals surface area contributed by atoms with E-state index >= 15 is 0 Å². The van der Waals surface area contributed by atoms with E-state index in [0.29, 0.717) is 6.54 Å². The topological polar surface area (TPSA) is 38.9 Å². The number of aryl methyl sites for hydroxylation is 1. The van der Waals surface area contributed by atoms with E-state index in [9.17, 15) is 0 Å². The van der Waals surface area contributed by atoms with Crippen LogP contribution in [0.25, 0.3) is 0 Å². The van der Waals surface area contributed by atoms with Crippen molar-refractivity contribution in [1.29, 1.82) is 0 Å². The molecule has 0 radical (unpaired) electrons. The average molecular weight is 170 g/mol. The van der Waals surface area contributed by atoms with Crippen LogP contribution in [0.5, 0.6) is 0 Å². The van der Waals surface area contributed by atoms with Gasteiger partial charge in [-0.25, -0.2) is 4.98 Å². The predicted octanol–water partition coefficient (Wildman–Crippen LogP) is 1.69. The zero-order valence-electron chi connectivity index (χ0n) is 7.22. The van der Waals surface area contributed by atoms with Crippen molar-refractivity contribution in [3.05, 3.63) is 16.1 Å². The average Bonchev–Trinajstić information content (AvgIpc) is 2.36. The third-order valence-corrected chi connectivity index (χ3v) is 3.08. The first-order valence-corrected chi connectivity index (χ1v) is 4.51. The van der Waals surface area contributed by atoms with Crippen LogP contribution in [-0.4, -0.2) is 11.5 Å². The molecule has 0 amide bonds. The van der Waals surface area contributed by atoms with E-state index in [0.717, 1.165) is 5.01 Å². The van der Waals surface area contributed by atoms with Crippen LogP contribution in [0.1, 0.15) is 23.7 Å². The van der Waals surface area contributed by atoms with Crippen molar-refractivity contribution in [3.63, 3.8) is 0 Å². The number of hydrogen-bond acceptors (Lipinski definition) is 3. The van der Waals surface area contributed by atoms with E-state index in [1.165, 1.54) is 4.88 Å². The molecule has 0 saturated heterocycles. The third kappa shape index (κ3) is 1.79. The van der Waals surface area contributed by atoms with E-state index in [1.807, 2.05) is 13.1 Å². The van der Waals surface area contributed by atoms with Crippen molar-refractivity contribution in [2.24, 2.45) is 5.73 Å². The fraction of sp³-hybridized carbons (Fsp3) is 0.625. The molecule has 62 valence electrons. The standard InChI is InChI=1S/C8H14N2S/c1-6-10-4-7(11-6)8(2,3)5-9/h4H,5,9H2,1-3H3. The monoisotopic (exact) mass is 170 g/mol. The zero-order valence-corrected chi connectivity index (χ0v) is 8.03. The normalized spacial score (nSPS) is 12.0. The molecule has 0 unspecified atom stereocenters. The fourth-order valence-electron chi connectivity index (χ4n) is 0.775. The quantitative estimate of drug-likeness (QED) is 0.733. The maximum Gasteiger partial charge on any atom is 0.0896 e. The van der Waals surface area contributed by atoms with Gasteiger partial charge >= 0.3 is 0 Å². The Morgan fingerprint density at radius 2 is 2.27 bits per heavy atom. The lowest BCUT2D eigenvalue weighted by atomic mass is 9.93. The number of rotatable bonds is 2. The lowest BCUT2D eigenvalue weighted by Gasteiger charge is -2.19. The number of nitrogens with zero attached hydrogens (tertiary/aromatic N) is 1. The minimum Gasteiger partial charge on any atom is -0.330 e. The molecule has 1 rings (SSSR count). The first-order valence-electron chi connectivity index (χ1n) is 3.69. The van der Waals surface area contributed by atoms with Gasteiger partial charge in [-0.05, 0) is 6.92 Å². The Balaban J connectivity index is 2.92.